The summed E-state index contributed by atoms with van der Waals surface area (Å²) < 4.78 is 19.1. The first-order chi connectivity index (χ1) is 14.7. The van der Waals surface area contributed by atoms with Gasteiger partial charge in [0.05, 0.1) is 13.3 Å². The first-order valence-corrected chi connectivity index (χ1v) is 10.6. The monoisotopic (exact) mass is 424 g/mol. The van der Waals surface area contributed by atoms with Crippen LogP contribution in [0.15, 0.2) is 72.8 Å². The van der Waals surface area contributed by atoms with Crippen LogP contribution in [0.2, 0.25) is 5.02 Å². The van der Waals surface area contributed by atoms with Gasteiger partial charge in [-0.15, -0.1) is 0 Å². The third kappa shape index (κ3) is 4.67. The van der Waals surface area contributed by atoms with Gasteiger partial charge in [-0.3, -0.25) is 9.80 Å². The van der Waals surface area contributed by atoms with E-state index in [0.29, 0.717) is 0 Å². The quantitative estimate of drug-likeness (QED) is 0.490. The molecule has 3 aromatic carbocycles. The third-order valence-corrected chi connectivity index (χ3v) is 6.00. The number of halogens is 2. The van der Waals surface area contributed by atoms with E-state index in [1.54, 1.807) is 7.11 Å². The van der Waals surface area contributed by atoms with E-state index in [4.69, 9.17) is 16.3 Å². The van der Waals surface area contributed by atoms with E-state index in [-0.39, 0.29) is 12.0 Å². The van der Waals surface area contributed by atoms with Crippen LogP contribution in [0.4, 0.5) is 4.39 Å². The molecule has 1 aliphatic rings. The van der Waals surface area contributed by atoms with Gasteiger partial charge in [-0.1, -0.05) is 60.1 Å². The van der Waals surface area contributed by atoms with Crippen LogP contribution >= 0.6 is 11.6 Å². The molecule has 0 spiro atoms. The zero-order valence-electron chi connectivity index (χ0n) is 17.1. The van der Waals surface area contributed by atoms with E-state index in [0.717, 1.165) is 60.1 Å². The predicted octanol–water partition coefficient (Wildman–Crippen LogP) is 5.89. The zero-order chi connectivity index (χ0) is 20.9. The Morgan fingerprint density at radius 1 is 0.900 bits per heavy atom. The maximum absolute atomic E-state index is 13.4. The molecule has 3 aromatic rings. The van der Waals surface area contributed by atoms with Gasteiger partial charge in [0.1, 0.15) is 11.6 Å². The first-order valence-electron chi connectivity index (χ1n) is 10.2. The maximum Gasteiger partial charge on any atom is 0.124 e. The van der Waals surface area contributed by atoms with Gasteiger partial charge in [-0.05, 0) is 41.8 Å². The van der Waals surface area contributed by atoms with Crippen molar-refractivity contribution < 1.29 is 9.13 Å². The number of hydrogen-bond donors (Lipinski definition) is 0. The zero-order valence-corrected chi connectivity index (χ0v) is 17.9. The summed E-state index contributed by atoms with van der Waals surface area (Å²) >= 11 is 6.48. The van der Waals surface area contributed by atoms with Crippen molar-refractivity contribution in [3.05, 3.63) is 100 Å². The molecule has 30 heavy (non-hydrogen) atoms. The van der Waals surface area contributed by atoms with Crippen LogP contribution in [0.3, 0.4) is 0 Å². The summed E-state index contributed by atoms with van der Waals surface area (Å²) in [6.07, 6.45) is 1.09. The molecule has 1 saturated heterocycles. The van der Waals surface area contributed by atoms with Crippen LogP contribution < -0.4 is 4.74 Å². The van der Waals surface area contributed by atoms with Crippen LogP contribution in [0.5, 0.6) is 5.75 Å². The Hall–Kier alpha value is -2.40. The van der Waals surface area contributed by atoms with Crippen LogP contribution in [-0.4, -0.2) is 30.0 Å². The molecule has 1 fully saturated rings. The van der Waals surface area contributed by atoms with Gasteiger partial charge >= 0.3 is 0 Å². The van der Waals surface area contributed by atoms with Crippen molar-refractivity contribution in [1.82, 2.24) is 9.80 Å². The molecule has 0 radical (unpaired) electrons. The number of hydrogen-bond acceptors (Lipinski definition) is 3. The van der Waals surface area contributed by atoms with Crippen molar-refractivity contribution in [1.29, 1.82) is 0 Å². The first kappa shape index (κ1) is 20.9. The molecule has 0 saturated carbocycles. The molecular weight excluding hydrogens is 399 g/mol. The van der Waals surface area contributed by atoms with E-state index in [2.05, 4.69) is 28.0 Å². The fraction of sp³-hybridized carbons (Fsp3) is 0.280. The lowest BCUT2D eigenvalue weighted by Gasteiger charge is -2.44. The summed E-state index contributed by atoms with van der Waals surface area (Å²) in [6, 6.07) is 23.0. The molecule has 0 aliphatic carbocycles. The van der Waals surface area contributed by atoms with Gasteiger partial charge in [0.25, 0.3) is 0 Å². The summed E-state index contributed by atoms with van der Waals surface area (Å²) in [5, 5.41) is 0.784. The molecule has 1 heterocycles. The molecule has 5 heteroatoms. The SMILES string of the molecule is COc1ccccc1C1N(Cc2ccc(F)cc2)CCCN1Cc1ccccc1Cl. The largest absolute Gasteiger partial charge is 0.496 e. The van der Waals surface area contributed by atoms with Gasteiger partial charge in [0.15, 0.2) is 0 Å². The van der Waals surface area contributed by atoms with Crippen molar-refractivity contribution in [2.24, 2.45) is 0 Å². The van der Waals surface area contributed by atoms with E-state index in [9.17, 15) is 4.39 Å². The highest BCUT2D eigenvalue weighted by atomic mass is 35.5. The number of rotatable bonds is 6. The van der Waals surface area contributed by atoms with Gasteiger partial charge < -0.3 is 4.74 Å². The molecule has 156 valence electrons. The van der Waals surface area contributed by atoms with Crippen molar-refractivity contribution in [2.45, 2.75) is 25.7 Å². The van der Waals surface area contributed by atoms with Crippen LogP contribution in [0.25, 0.3) is 0 Å². The van der Waals surface area contributed by atoms with Gasteiger partial charge in [0, 0.05) is 36.8 Å². The van der Waals surface area contributed by atoms with Crippen LogP contribution in [0, 0.1) is 5.82 Å². The third-order valence-electron chi connectivity index (χ3n) is 5.63. The van der Waals surface area contributed by atoms with E-state index < -0.39 is 0 Å². The highest BCUT2D eigenvalue weighted by Crippen LogP contribution is 2.37. The average Bonchev–Trinajstić information content (AvgIpc) is 2.77. The Bertz CT molecular complexity index is 979. The Morgan fingerprint density at radius 2 is 1.57 bits per heavy atom. The smallest absolute Gasteiger partial charge is 0.124 e. The molecular formula is C25H26ClFN2O. The Kier molecular flexibility index (Phi) is 6.68. The average molecular weight is 425 g/mol. The van der Waals surface area contributed by atoms with Crippen molar-refractivity contribution in [2.75, 3.05) is 20.2 Å². The van der Waals surface area contributed by atoms with Gasteiger partial charge in [-0.25, -0.2) is 4.39 Å². The predicted molar refractivity (Wildman–Crippen MR) is 119 cm³/mol. The lowest BCUT2D eigenvalue weighted by atomic mass is 10.0. The second kappa shape index (κ2) is 9.61. The number of nitrogens with zero attached hydrogens (tertiary/aromatic N) is 2. The Labute approximate surface area is 182 Å². The minimum atomic E-state index is -0.209. The highest BCUT2D eigenvalue weighted by Gasteiger charge is 2.32. The molecule has 1 aliphatic heterocycles. The minimum Gasteiger partial charge on any atom is -0.496 e. The summed E-state index contributed by atoms with van der Waals surface area (Å²) in [6.45, 7) is 3.41. The van der Waals surface area contributed by atoms with Crippen molar-refractivity contribution >= 4 is 11.6 Å². The lowest BCUT2D eigenvalue weighted by molar-refractivity contribution is -0.0103. The number of para-hydroxylation sites is 1. The Morgan fingerprint density at radius 3 is 2.30 bits per heavy atom. The second-order valence-electron chi connectivity index (χ2n) is 7.63. The molecule has 0 aromatic heterocycles. The van der Waals surface area contributed by atoms with E-state index >= 15 is 0 Å². The van der Waals surface area contributed by atoms with Crippen LogP contribution in [0.1, 0.15) is 29.3 Å². The summed E-state index contributed by atoms with van der Waals surface area (Å²) in [7, 11) is 1.71. The van der Waals surface area contributed by atoms with Crippen molar-refractivity contribution in [3.8, 4) is 5.75 Å². The minimum absolute atomic E-state index is 0.0382. The summed E-state index contributed by atoms with van der Waals surface area (Å²) in [5.41, 5.74) is 3.34. The fourth-order valence-corrected chi connectivity index (χ4v) is 4.42. The number of methoxy groups -OCH3 is 1. The maximum atomic E-state index is 13.4. The molecule has 3 nitrogen and oxygen atoms in total. The number of benzene rings is 3. The van der Waals surface area contributed by atoms with E-state index in [1.165, 1.54) is 12.1 Å². The molecule has 0 amide bonds. The van der Waals surface area contributed by atoms with Crippen molar-refractivity contribution in [3.63, 3.8) is 0 Å². The highest BCUT2D eigenvalue weighted by molar-refractivity contribution is 6.31. The molecule has 0 N–H and O–H groups in total. The molecule has 0 bridgehead atoms. The Balaban J connectivity index is 1.69. The second-order valence-corrected chi connectivity index (χ2v) is 8.04. The lowest BCUT2D eigenvalue weighted by Crippen LogP contribution is -2.47. The molecule has 4 rings (SSSR count). The summed E-state index contributed by atoms with van der Waals surface area (Å²) in [5.74, 6) is 0.664. The fourth-order valence-electron chi connectivity index (χ4n) is 4.23. The molecule has 1 unspecified atom stereocenters. The van der Waals surface area contributed by atoms with Crippen LogP contribution in [-0.2, 0) is 13.1 Å². The number of ether oxygens (including phenoxy) is 1. The summed E-state index contributed by atoms with van der Waals surface area (Å²) in [4.78, 5) is 4.89. The standard InChI is InChI=1S/C25H26ClFN2O/c1-30-24-10-5-3-8-22(24)25-28(17-19-11-13-21(27)14-12-19)15-6-16-29(25)18-20-7-2-4-9-23(20)26/h2-5,7-14,25H,6,15-18H2,1H3. The van der Waals surface area contributed by atoms with Gasteiger partial charge in [0.2, 0.25) is 0 Å². The van der Waals surface area contributed by atoms with Gasteiger partial charge in [-0.2, -0.15) is 0 Å². The normalized spacial score (nSPS) is 17.8. The topological polar surface area (TPSA) is 15.7 Å². The molecule has 1 atom stereocenters. The van der Waals surface area contributed by atoms with E-state index in [1.807, 2.05) is 42.5 Å².